The van der Waals surface area contributed by atoms with E-state index in [1.807, 2.05) is 20.8 Å². The molecule has 0 amide bonds. The maximum absolute atomic E-state index is 12.3. The van der Waals surface area contributed by atoms with Gasteiger partial charge in [-0.3, -0.25) is 9.59 Å². The van der Waals surface area contributed by atoms with Crippen molar-refractivity contribution in [3.63, 3.8) is 0 Å². The predicted molar refractivity (Wildman–Crippen MR) is 69.8 cm³/mol. The number of Topliss-reactive ketones (excluding diaryl/α,β-unsaturated/α-hetero) is 2. The molecule has 2 unspecified atom stereocenters. The van der Waals surface area contributed by atoms with Crippen LogP contribution in [0.25, 0.3) is 0 Å². The van der Waals surface area contributed by atoms with Crippen LogP contribution in [0.5, 0.6) is 0 Å². The Morgan fingerprint density at radius 1 is 1.12 bits per heavy atom. The Morgan fingerprint density at radius 2 is 1.65 bits per heavy atom. The van der Waals surface area contributed by atoms with Gasteiger partial charge < -0.3 is 0 Å². The van der Waals surface area contributed by atoms with E-state index in [0.717, 1.165) is 12.8 Å². The first kappa shape index (κ1) is 14.4. The van der Waals surface area contributed by atoms with Crippen LogP contribution in [-0.2, 0) is 9.59 Å². The largest absolute Gasteiger partial charge is 0.299 e. The lowest BCUT2D eigenvalue weighted by atomic mass is 9.65. The predicted octanol–water partition coefficient (Wildman–Crippen LogP) is 3.63. The van der Waals surface area contributed by atoms with Crippen LogP contribution in [0, 0.1) is 22.7 Å². The van der Waals surface area contributed by atoms with Gasteiger partial charge in [-0.2, -0.15) is 0 Å². The van der Waals surface area contributed by atoms with Crippen molar-refractivity contribution in [1.29, 1.82) is 0 Å². The van der Waals surface area contributed by atoms with Gasteiger partial charge in [0.25, 0.3) is 0 Å². The maximum Gasteiger partial charge on any atom is 0.148 e. The number of carbonyl (C=O) groups excluding carboxylic acids is 2. The first-order chi connectivity index (χ1) is 7.53. The van der Waals surface area contributed by atoms with Gasteiger partial charge >= 0.3 is 0 Å². The molecule has 98 valence electrons. The molecule has 2 atom stereocenters. The smallest absolute Gasteiger partial charge is 0.148 e. The molecule has 17 heavy (non-hydrogen) atoms. The van der Waals surface area contributed by atoms with Crippen LogP contribution >= 0.6 is 0 Å². The SMILES string of the molecule is CC(C)(C)C(=O)C1CC(C(C)(C)C)CCC1=O. The van der Waals surface area contributed by atoms with E-state index in [0.29, 0.717) is 12.3 Å². The Hall–Kier alpha value is -0.660. The zero-order valence-corrected chi connectivity index (χ0v) is 12.1. The van der Waals surface area contributed by atoms with Crippen LogP contribution < -0.4 is 0 Å². The second-order valence-electron chi connectivity index (χ2n) is 7.47. The lowest BCUT2D eigenvalue weighted by Gasteiger charge is -2.38. The van der Waals surface area contributed by atoms with E-state index in [2.05, 4.69) is 20.8 Å². The molecule has 0 aliphatic heterocycles. The topological polar surface area (TPSA) is 34.1 Å². The van der Waals surface area contributed by atoms with Crippen LogP contribution in [0.3, 0.4) is 0 Å². The fraction of sp³-hybridized carbons (Fsp3) is 0.867. The number of carbonyl (C=O) groups is 2. The highest BCUT2D eigenvalue weighted by Gasteiger charge is 2.41. The van der Waals surface area contributed by atoms with Gasteiger partial charge in [-0.15, -0.1) is 0 Å². The standard InChI is InChI=1S/C15H26O2/c1-14(2,3)10-7-8-12(16)11(9-10)13(17)15(4,5)6/h10-11H,7-9H2,1-6H3. The summed E-state index contributed by atoms with van der Waals surface area (Å²) >= 11 is 0. The first-order valence-electron chi connectivity index (χ1n) is 6.60. The minimum absolute atomic E-state index is 0.122. The van der Waals surface area contributed by atoms with E-state index in [1.165, 1.54) is 0 Å². The van der Waals surface area contributed by atoms with Gasteiger partial charge in [0.05, 0.1) is 5.92 Å². The van der Waals surface area contributed by atoms with E-state index < -0.39 is 5.41 Å². The highest BCUT2D eigenvalue weighted by Crippen LogP contribution is 2.40. The molecule has 1 aliphatic carbocycles. The molecule has 0 aromatic carbocycles. The molecule has 0 saturated heterocycles. The monoisotopic (exact) mass is 238 g/mol. The molecule has 0 aromatic rings. The third-order valence-electron chi connectivity index (χ3n) is 3.93. The number of rotatable bonds is 1. The lowest BCUT2D eigenvalue weighted by Crippen LogP contribution is -2.40. The average Bonchev–Trinajstić information content (AvgIpc) is 2.14. The molecular weight excluding hydrogens is 212 g/mol. The van der Waals surface area contributed by atoms with Crippen LogP contribution in [0.4, 0.5) is 0 Å². The highest BCUT2D eigenvalue weighted by molar-refractivity contribution is 6.04. The number of hydrogen-bond acceptors (Lipinski definition) is 2. The van der Waals surface area contributed by atoms with E-state index in [9.17, 15) is 9.59 Å². The van der Waals surface area contributed by atoms with Gasteiger partial charge in [-0.25, -0.2) is 0 Å². The molecule has 0 radical (unpaired) electrons. The summed E-state index contributed by atoms with van der Waals surface area (Å²) in [5.41, 5.74) is -0.211. The summed E-state index contributed by atoms with van der Waals surface area (Å²) in [6.45, 7) is 12.3. The quantitative estimate of drug-likeness (QED) is 0.654. The second-order valence-corrected chi connectivity index (χ2v) is 7.47. The molecule has 2 nitrogen and oxygen atoms in total. The van der Waals surface area contributed by atoms with Gasteiger partial charge in [0, 0.05) is 11.8 Å². The molecule has 1 rings (SSSR count). The summed E-state index contributed by atoms with van der Waals surface area (Å²) in [7, 11) is 0. The fourth-order valence-electron chi connectivity index (χ4n) is 2.59. The molecule has 0 spiro atoms. The van der Waals surface area contributed by atoms with Crippen molar-refractivity contribution in [3.05, 3.63) is 0 Å². The molecule has 0 bridgehead atoms. The van der Waals surface area contributed by atoms with Crippen LogP contribution in [0.15, 0.2) is 0 Å². The third-order valence-corrected chi connectivity index (χ3v) is 3.93. The Balaban J connectivity index is 2.85. The number of ketones is 2. The second kappa shape index (κ2) is 4.55. The van der Waals surface area contributed by atoms with E-state index in [1.54, 1.807) is 0 Å². The van der Waals surface area contributed by atoms with E-state index >= 15 is 0 Å². The normalized spacial score (nSPS) is 27.1. The van der Waals surface area contributed by atoms with Gasteiger partial charge in [-0.05, 0) is 24.2 Å². The first-order valence-corrected chi connectivity index (χ1v) is 6.60. The van der Waals surface area contributed by atoms with Gasteiger partial charge in [0.15, 0.2) is 0 Å². The average molecular weight is 238 g/mol. The van der Waals surface area contributed by atoms with Crippen molar-refractivity contribution >= 4 is 11.6 Å². The Kier molecular flexibility index (Phi) is 3.85. The zero-order chi connectivity index (χ0) is 13.4. The van der Waals surface area contributed by atoms with Crippen molar-refractivity contribution in [3.8, 4) is 0 Å². The summed E-state index contributed by atoms with van der Waals surface area (Å²) in [5, 5.41) is 0. The third kappa shape index (κ3) is 3.40. The van der Waals surface area contributed by atoms with E-state index in [-0.39, 0.29) is 22.9 Å². The molecular formula is C15H26O2. The minimum Gasteiger partial charge on any atom is -0.299 e. The lowest BCUT2D eigenvalue weighted by molar-refractivity contribution is -0.141. The molecule has 1 fully saturated rings. The summed E-state index contributed by atoms with van der Waals surface area (Å²) in [6.07, 6.45) is 2.27. The minimum atomic E-state index is -0.403. The van der Waals surface area contributed by atoms with Gasteiger partial charge in [0.2, 0.25) is 0 Å². The summed E-state index contributed by atoms with van der Waals surface area (Å²) < 4.78 is 0. The van der Waals surface area contributed by atoms with Gasteiger partial charge in [-0.1, -0.05) is 41.5 Å². The van der Waals surface area contributed by atoms with E-state index in [4.69, 9.17) is 0 Å². The molecule has 1 saturated carbocycles. The van der Waals surface area contributed by atoms with Crippen LogP contribution in [0.1, 0.15) is 60.8 Å². The summed E-state index contributed by atoms with van der Waals surface area (Å²) in [5.74, 6) is 0.409. The van der Waals surface area contributed by atoms with Crippen molar-refractivity contribution in [1.82, 2.24) is 0 Å². The highest BCUT2D eigenvalue weighted by atomic mass is 16.2. The van der Waals surface area contributed by atoms with Gasteiger partial charge in [0.1, 0.15) is 11.6 Å². The molecule has 0 heterocycles. The Morgan fingerprint density at radius 3 is 2.06 bits per heavy atom. The van der Waals surface area contributed by atoms with Crippen molar-refractivity contribution < 1.29 is 9.59 Å². The van der Waals surface area contributed by atoms with Crippen molar-refractivity contribution in [2.45, 2.75) is 60.8 Å². The molecule has 0 aromatic heterocycles. The maximum atomic E-state index is 12.3. The fourth-order valence-corrected chi connectivity index (χ4v) is 2.59. The molecule has 0 N–H and O–H groups in total. The summed E-state index contributed by atoms with van der Waals surface area (Å²) in [4.78, 5) is 24.2. The Labute approximate surface area is 105 Å². The zero-order valence-electron chi connectivity index (χ0n) is 12.1. The van der Waals surface area contributed by atoms with Crippen LogP contribution in [-0.4, -0.2) is 11.6 Å². The number of hydrogen-bond donors (Lipinski definition) is 0. The summed E-state index contributed by atoms with van der Waals surface area (Å²) in [6, 6.07) is 0. The van der Waals surface area contributed by atoms with Crippen molar-refractivity contribution in [2.75, 3.05) is 0 Å². The van der Waals surface area contributed by atoms with Crippen LogP contribution in [0.2, 0.25) is 0 Å². The molecule has 2 heteroatoms. The molecule has 1 aliphatic rings. The van der Waals surface area contributed by atoms with Crippen molar-refractivity contribution in [2.24, 2.45) is 22.7 Å². The Bertz CT molecular complexity index is 315.